The van der Waals surface area contributed by atoms with Crippen LogP contribution in [0.4, 0.5) is 5.69 Å². The third-order valence-corrected chi connectivity index (χ3v) is 3.60. The molecule has 0 fully saturated rings. The fourth-order valence-electron chi connectivity index (χ4n) is 2.14. The van der Waals surface area contributed by atoms with Gasteiger partial charge in [0.05, 0.1) is 0 Å². The molecule has 20 heavy (non-hydrogen) atoms. The smallest absolute Gasteiger partial charge is 0.276 e. The normalized spacial score (nSPS) is 13.8. The summed E-state index contributed by atoms with van der Waals surface area (Å²) in [6, 6.07) is 1.55. The standard InChI is InChI=1S/C12H12BrN5O2/c13-6-3-9(11(19)15-4-6)16-12(20)10-7-5-14-2-1-8(7)17-18-10/h3-4,14H,1-2,5H2,(H,15,19)(H,16,20)(H,17,18). The molecule has 0 spiro atoms. The topological polar surface area (TPSA) is 103 Å². The van der Waals surface area contributed by atoms with Gasteiger partial charge in [0.15, 0.2) is 5.69 Å². The Morgan fingerprint density at radius 3 is 3.15 bits per heavy atom. The molecule has 7 nitrogen and oxygen atoms in total. The first-order valence-corrected chi connectivity index (χ1v) is 6.91. The molecule has 1 aliphatic rings. The second kappa shape index (κ2) is 5.22. The molecule has 3 rings (SSSR count). The van der Waals surface area contributed by atoms with Gasteiger partial charge in [0.2, 0.25) is 0 Å². The van der Waals surface area contributed by atoms with E-state index in [1.165, 1.54) is 6.20 Å². The number of nitrogens with one attached hydrogen (secondary N) is 4. The van der Waals surface area contributed by atoms with Crippen LogP contribution in [0.15, 0.2) is 21.5 Å². The average Bonchev–Trinajstić information content (AvgIpc) is 2.87. The number of aromatic nitrogens is 3. The quantitative estimate of drug-likeness (QED) is 0.649. The lowest BCUT2D eigenvalue weighted by atomic mass is 10.1. The maximum Gasteiger partial charge on any atom is 0.276 e. The molecule has 4 N–H and O–H groups in total. The predicted octanol–water partition coefficient (Wildman–Crippen LogP) is 0.758. The largest absolute Gasteiger partial charge is 0.326 e. The van der Waals surface area contributed by atoms with Gasteiger partial charge >= 0.3 is 0 Å². The van der Waals surface area contributed by atoms with Gasteiger partial charge in [-0.1, -0.05) is 0 Å². The second-order valence-electron chi connectivity index (χ2n) is 4.47. The molecule has 0 unspecified atom stereocenters. The summed E-state index contributed by atoms with van der Waals surface area (Å²) in [5, 5.41) is 12.7. The van der Waals surface area contributed by atoms with Crippen molar-refractivity contribution in [3.8, 4) is 0 Å². The molecule has 0 bridgehead atoms. The lowest BCUT2D eigenvalue weighted by molar-refractivity contribution is 0.102. The molecule has 0 saturated carbocycles. The molecule has 8 heteroatoms. The van der Waals surface area contributed by atoms with Crippen molar-refractivity contribution in [3.05, 3.63) is 44.0 Å². The molecule has 1 amide bonds. The lowest BCUT2D eigenvalue weighted by Gasteiger charge is -2.12. The van der Waals surface area contributed by atoms with Crippen LogP contribution in [0.25, 0.3) is 0 Å². The number of amides is 1. The van der Waals surface area contributed by atoms with Gasteiger partial charge in [-0.3, -0.25) is 14.7 Å². The van der Waals surface area contributed by atoms with Gasteiger partial charge in [-0.15, -0.1) is 0 Å². The molecule has 0 aliphatic carbocycles. The minimum atomic E-state index is -0.394. The molecular formula is C12H12BrN5O2. The van der Waals surface area contributed by atoms with Crippen LogP contribution in [0, 0.1) is 0 Å². The van der Waals surface area contributed by atoms with Crippen molar-refractivity contribution in [2.75, 3.05) is 11.9 Å². The first kappa shape index (κ1) is 13.1. The van der Waals surface area contributed by atoms with Crippen molar-refractivity contribution in [1.29, 1.82) is 0 Å². The number of carbonyl (C=O) groups is 1. The number of halogens is 1. The number of hydrogen-bond acceptors (Lipinski definition) is 4. The number of pyridine rings is 1. The van der Waals surface area contributed by atoms with Crippen LogP contribution in [-0.4, -0.2) is 27.6 Å². The van der Waals surface area contributed by atoms with E-state index in [2.05, 4.69) is 41.7 Å². The number of hydrogen-bond donors (Lipinski definition) is 4. The summed E-state index contributed by atoms with van der Waals surface area (Å²) in [7, 11) is 0. The number of anilines is 1. The Hall–Kier alpha value is -1.93. The number of carbonyl (C=O) groups excluding carboxylic acids is 1. The van der Waals surface area contributed by atoms with E-state index in [4.69, 9.17) is 0 Å². The van der Waals surface area contributed by atoms with E-state index in [-0.39, 0.29) is 11.2 Å². The van der Waals surface area contributed by atoms with E-state index >= 15 is 0 Å². The highest BCUT2D eigenvalue weighted by molar-refractivity contribution is 9.10. The van der Waals surface area contributed by atoms with Crippen molar-refractivity contribution in [1.82, 2.24) is 20.5 Å². The van der Waals surface area contributed by atoms with Crippen LogP contribution < -0.4 is 16.2 Å². The van der Waals surface area contributed by atoms with Gasteiger partial charge in [0.25, 0.3) is 11.5 Å². The van der Waals surface area contributed by atoms with E-state index in [0.717, 1.165) is 24.2 Å². The molecule has 2 aromatic rings. The van der Waals surface area contributed by atoms with Gasteiger partial charge in [-0.05, 0) is 22.0 Å². The van der Waals surface area contributed by atoms with E-state index in [1.807, 2.05) is 0 Å². The van der Waals surface area contributed by atoms with Gasteiger partial charge < -0.3 is 15.6 Å². The van der Waals surface area contributed by atoms with Gasteiger partial charge in [0.1, 0.15) is 5.69 Å². The van der Waals surface area contributed by atoms with Gasteiger partial charge in [-0.25, -0.2) is 0 Å². The first-order chi connectivity index (χ1) is 9.65. The van der Waals surface area contributed by atoms with Crippen LogP contribution in [0.3, 0.4) is 0 Å². The van der Waals surface area contributed by atoms with Gasteiger partial charge in [-0.2, -0.15) is 5.10 Å². The summed E-state index contributed by atoms with van der Waals surface area (Å²) >= 11 is 3.24. The van der Waals surface area contributed by atoms with Crippen LogP contribution in [0.5, 0.6) is 0 Å². The Morgan fingerprint density at radius 1 is 1.45 bits per heavy atom. The summed E-state index contributed by atoms with van der Waals surface area (Å²) in [6.45, 7) is 1.46. The van der Waals surface area contributed by atoms with Crippen LogP contribution >= 0.6 is 15.9 Å². The highest BCUT2D eigenvalue weighted by Gasteiger charge is 2.22. The average molecular weight is 338 g/mol. The van der Waals surface area contributed by atoms with E-state index < -0.39 is 5.91 Å². The summed E-state index contributed by atoms with van der Waals surface area (Å²) < 4.78 is 0.679. The van der Waals surface area contributed by atoms with Crippen LogP contribution in [0.2, 0.25) is 0 Å². The molecule has 0 saturated heterocycles. The third-order valence-electron chi connectivity index (χ3n) is 3.14. The molecule has 0 atom stereocenters. The third kappa shape index (κ3) is 2.39. The molecule has 0 aromatic carbocycles. The molecule has 104 valence electrons. The maximum absolute atomic E-state index is 12.2. The Labute approximate surface area is 122 Å². The minimum Gasteiger partial charge on any atom is -0.326 e. The fourth-order valence-corrected chi connectivity index (χ4v) is 2.49. The number of nitrogens with zero attached hydrogens (tertiary/aromatic N) is 1. The Morgan fingerprint density at radius 2 is 2.30 bits per heavy atom. The molecule has 3 heterocycles. The second-order valence-corrected chi connectivity index (χ2v) is 5.39. The predicted molar refractivity (Wildman–Crippen MR) is 76.7 cm³/mol. The van der Waals surface area contributed by atoms with Crippen molar-refractivity contribution in [3.63, 3.8) is 0 Å². The fraction of sp³-hybridized carbons (Fsp3) is 0.250. The minimum absolute atomic E-state index is 0.185. The van der Waals surface area contributed by atoms with E-state index in [9.17, 15) is 9.59 Å². The number of rotatable bonds is 2. The molecule has 1 aliphatic heterocycles. The Kier molecular flexibility index (Phi) is 3.41. The van der Waals surface area contributed by atoms with Crippen molar-refractivity contribution < 1.29 is 4.79 Å². The monoisotopic (exact) mass is 337 g/mol. The summed E-state index contributed by atoms with van der Waals surface area (Å²) in [5.41, 5.74) is 1.98. The summed E-state index contributed by atoms with van der Waals surface area (Å²) in [6.07, 6.45) is 2.32. The zero-order valence-electron chi connectivity index (χ0n) is 10.4. The zero-order valence-corrected chi connectivity index (χ0v) is 12.0. The molecule has 0 radical (unpaired) electrons. The highest BCUT2D eigenvalue weighted by atomic mass is 79.9. The van der Waals surface area contributed by atoms with E-state index in [0.29, 0.717) is 16.7 Å². The maximum atomic E-state index is 12.2. The Bertz CT molecular complexity index is 721. The summed E-state index contributed by atoms with van der Waals surface area (Å²) in [4.78, 5) is 26.4. The van der Waals surface area contributed by atoms with Crippen LogP contribution in [-0.2, 0) is 13.0 Å². The zero-order chi connectivity index (χ0) is 14.1. The number of aromatic amines is 2. The lowest BCUT2D eigenvalue weighted by Crippen LogP contribution is -2.26. The molecular weight excluding hydrogens is 326 g/mol. The highest BCUT2D eigenvalue weighted by Crippen LogP contribution is 2.17. The van der Waals surface area contributed by atoms with Crippen LogP contribution in [0.1, 0.15) is 21.7 Å². The number of fused-ring (bicyclic) bond motifs is 1. The van der Waals surface area contributed by atoms with Crippen molar-refractivity contribution in [2.24, 2.45) is 0 Å². The first-order valence-electron chi connectivity index (χ1n) is 6.11. The SMILES string of the molecule is O=C(Nc1cc(Br)c[nH]c1=O)c1n[nH]c2c1CNCC2. The molecule has 2 aromatic heterocycles. The van der Waals surface area contributed by atoms with Crippen molar-refractivity contribution >= 4 is 27.5 Å². The summed E-state index contributed by atoms with van der Waals surface area (Å²) in [5.74, 6) is -0.394. The Balaban J connectivity index is 1.88. The van der Waals surface area contributed by atoms with Crippen molar-refractivity contribution in [2.45, 2.75) is 13.0 Å². The number of H-pyrrole nitrogens is 2. The van der Waals surface area contributed by atoms with Gasteiger partial charge in [0, 0.05) is 41.4 Å². The van der Waals surface area contributed by atoms with E-state index in [1.54, 1.807) is 6.07 Å².